The van der Waals surface area contributed by atoms with Gasteiger partial charge in [-0.15, -0.1) is 0 Å². The molecule has 1 amide bonds. The standard InChI is InChI=1S/C16H23NO4/c1-4-11(3)15(16(19)20)17-14(18)10-21-13-8-6-12(5-2)7-9-13/h6-9,11,15H,4-5,10H2,1-3H3,(H,17,18)(H,19,20). The Morgan fingerprint density at radius 3 is 2.33 bits per heavy atom. The molecule has 5 nitrogen and oxygen atoms in total. The van der Waals surface area contributed by atoms with E-state index in [1.54, 1.807) is 19.1 Å². The molecule has 0 saturated carbocycles. The summed E-state index contributed by atoms with van der Waals surface area (Å²) in [5, 5.41) is 11.6. The van der Waals surface area contributed by atoms with Gasteiger partial charge in [-0.3, -0.25) is 4.79 Å². The molecule has 1 aromatic carbocycles. The fraction of sp³-hybridized carbons (Fsp3) is 0.500. The highest BCUT2D eigenvalue weighted by Gasteiger charge is 2.25. The lowest BCUT2D eigenvalue weighted by molar-refractivity contribution is -0.143. The number of benzene rings is 1. The number of carbonyl (C=O) groups is 2. The molecule has 1 rings (SSSR count). The van der Waals surface area contributed by atoms with Gasteiger partial charge in [-0.2, -0.15) is 0 Å². The van der Waals surface area contributed by atoms with Crippen LogP contribution in [0.3, 0.4) is 0 Å². The van der Waals surface area contributed by atoms with Crippen molar-refractivity contribution in [1.82, 2.24) is 5.32 Å². The van der Waals surface area contributed by atoms with E-state index in [0.29, 0.717) is 12.2 Å². The summed E-state index contributed by atoms with van der Waals surface area (Å²) in [6.07, 6.45) is 1.62. The lowest BCUT2D eigenvalue weighted by Gasteiger charge is -2.20. The zero-order valence-corrected chi connectivity index (χ0v) is 12.8. The second-order valence-electron chi connectivity index (χ2n) is 5.06. The Morgan fingerprint density at radius 1 is 1.24 bits per heavy atom. The van der Waals surface area contributed by atoms with Crippen LogP contribution >= 0.6 is 0 Å². The molecule has 0 bridgehead atoms. The van der Waals surface area contributed by atoms with E-state index in [1.165, 1.54) is 5.56 Å². The van der Waals surface area contributed by atoms with Crippen LogP contribution in [0.5, 0.6) is 5.75 Å². The number of amides is 1. The molecule has 0 saturated heterocycles. The minimum absolute atomic E-state index is 0.129. The number of aliphatic carboxylic acids is 1. The second kappa shape index (κ2) is 8.29. The van der Waals surface area contributed by atoms with Crippen molar-refractivity contribution in [2.75, 3.05) is 6.61 Å². The summed E-state index contributed by atoms with van der Waals surface area (Å²) in [4.78, 5) is 22.9. The van der Waals surface area contributed by atoms with Gasteiger partial charge in [0.2, 0.25) is 0 Å². The number of nitrogens with one attached hydrogen (secondary N) is 1. The van der Waals surface area contributed by atoms with Gasteiger partial charge in [0.25, 0.3) is 5.91 Å². The highest BCUT2D eigenvalue weighted by atomic mass is 16.5. The zero-order valence-electron chi connectivity index (χ0n) is 12.8. The van der Waals surface area contributed by atoms with Crippen LogP contribution in [-0.2, 0) is 16.0 Å². The van der Waals surface area contributed by atoms with E-state index >= 15 is 0 Å². The van der Waals surface area contributed by atoms with Crippen molar-refractivity contribution in [1.29, 1.82) is 0 Å². The Bertz CT molecular complexity index is 470. The maximum absolute atomic E-state index is 11.8. The van der Waals surface area contributed by atoms with Crippen LogP contribution in [0.1, 0.15) is 32.8 Å². The number of ether oxygens (including phenoxy) is 1. The predicted octanol–water partition coefficient (Wildman–Crippen LogP) is 2.24. The van der Waals surface area contributed by atoms with Gasteiger partial charge in [0, 0.05) is 0 Å². The summed E-state index contributed by atoms with van der Waals surface area (Å²) in [5.41, 5.74) is 1.19. The van der Waals surface area contributed by atoms with Crippen molar-refractivity contribution in [3.63, 3.8) is 0 Å². The van der Waals surface area contributed by atoms with Crippen molar-refractivity contribution in [2.24, 2.45) is 5.92 Å². The molecule has 116 valence electrons. The highest BCUT2D eigenvalue weighted by Crippen LogP contribution is 2.12. The molecule has 0 radical (unpaired) electrons. The lowest BCUT2D eigenvalue weighted by Crippen LogP contribution is -2.46. The van der Waals surface area contributed by atoms with Crippen molar-refractivity contribution < 1.29 is 19.4 Å². The quantitative estimate of drug-likeness (QED) is 0.770. The normalized spacial score (nSPS) is 13.3. The number of rotatable bonds is 8. The second-order valence-corrected chi connectivity index (χ2v) is 5.06. The average Bonchev–Trinajstić information content (AvgIpc) is 2.50. The number of hydrogen-bond acceptors (Lipinski definition) is 3. The molecule has 2 unspecified atom stereocenters. The van der Waals surface area contributed by atoms with Crippen molar-refractivity contribution in [2.45, 2.75) is 39.7 Å². The fourth-order valence-electron chi connectivity index (χ4n) is 1.87. The Morgan fingerprint density at radius 2 is 1.86 bits per heavy atom. The Kier molecular flexibility index (Phi) is 6.72. The molecule has 0 heterocycles. The molecule has 0 spiro atoms. The maximum atomic E-state index is 11.8. The SMILES string of the molecule is CCc1ccc(OCC(=O)NC(C(=O)O)C(C)CC)cc1. The van der Waals surface area contributed by atoms with Crippen LogP contribution in [0.25, 0.3) is 0 Å². The van der Waals surface area contributed by atoms with E-state index < -0.39 is 17.9 Å². The molecule has 0 aliphatic heterocycles. The summed E-state index contributed by atoms with van der Waals surface area (Å²) in [6.45, 7) is 5.55. The molecule has 0 aliphatic rings. The lowest BCUT2D eigenvalue weighted by atomic mass is 9.99. The van der Waals surface area contributed by atoms with Gasteiger partial charge in [0.05, 0.1) is 0 Å². The van der Waals surface area contributed by atoms with Gasteiger partial charge in [0.1, 0.15) is 11.8 Å². The maximum Gasteiger partial charge on any atom is 0.326 e. The first-order valence-corrected chi connectivity index (χ1v) is 7.21. The topological polar surface area (TPSA) is 75.6 Å². The zero-order chi connectivity index (χ0) is 15.8. The summed E-state index contributed by atoms with van der Waals surface area (Å²) < 4.78 is 5.36. The number of aryl methyl sites for hydroxylation is 1. The van der Waals surface area contributed by atoms with Crippen LogP contribution in [0, 0.1) is 5.92 Å². The molecular formula is C16H23NO4. The van der Waals surface area contributed by atoms with E-state index in [1.807, 2.05) is 19.1 Å². The minimum Gasteiger partial charge on any atom is -0.484 e. The average molecular weight is 293 g/mol. The monoisotopic (exact) mass is 293 g/mol. The summed E-state index contributed by atoms with van der Waals surface area (Å²) in [5.74, 6) is -0.986. The molecule has 0 aliphatic carbocycles. The molecule has 0 aromatic heterocycles. The Balaban J connectivity index is 2.50. The summed E-state index contributed by atoms with van der Waals surface area (Å²) >= 11 is 0. The molecule has 2 atom stereocenters. The van der Waals surface area contributed by atoms with E-state index in [-0.39, 0.29) is 12.5 Å². The van der Waals surface area contributed by atoms with E-state index in [2.05, 4.69) is 12.2 Å². The summed E-state index contributed by atoms with van der Waals surface area (Å²) in [6, 6.07) is 6.60. The molecule has 5 heteroatoms. The van der Waals surface area contributed by atoms with E-state index in [4.69, 9.17) is 9.84 Å². The van der Waals surface area contributed by atoms with Gasteiger partial charge < -0.3 is 15.2 Å². The van der Waals surface area contributed by atoms with Gasteiger partial charge in [-0.05, 0) is 30.0 Å². The molecule has 21 heavy (non-hydrogen) atoms. The number of hydrogen-bond donors (Lipinski definition) is 2. The Labute approximate surface area is 125 Å². The minimum atomic E-state index is -1.02. The third kappa shape index (κ3) is 5.45. The van der Waals surface area contributed by atoms with Crippen molar-refractivity contribution in [3.8, 4) is 5.75 Å². The van der Waals surface area contributed by atoms with Crippen molar-refractivity contribution >= 4 is 11.9 Å². The van der Waals surface area contributed by atoms with Crippen LogP contribution in [-0.4, -0.2) is 29.6 Å². The predicted molar refractivity (Wildman–Crippen MR) is 80.3 cm³/mol. The largest absolute Gasteiger partial charge is 0.484 e. The third-order valence-corrected chi connectivity index (χ3v) is 3.50. The number of carbonyl (C=O) groups excluding carboxylic acids is 1. The van der Waals surface area contributed by atoms with Crippen LogP contribution in [0.2, 0.25) is 0 Å². The van der Waals surface area contributed by atoms with Crippen LogP contribution in [0.4, 0.5) is 0 Å². The van der Waals surface area contributed by atoms with E-state index in [0.717, 1.165) is 6.42 Å². The molecule has 0 fully saturated rings. The molecular weight excluding hydrogens is 270 g/mol. The van der Waals surface area contributed by atoms with Gasteiger partial charge in [-0.1, -0.05) is 39.3 Å². The van der Waals surface area contributed by atoms with Gasteiger partial charge in [-0.25, -0.2) is 4.79 Å². The van der Waals surface area contributed by atoms with Gasteiger partial charge in [0.15, 0.2) is 6.61 Å². The van der Waals surface area contributed by atoms with Gasteiger partial charge >= 0.3 is 5.97 Å². The summed E-state index contributed by atoms with van der Waals surface area (Å²) in [7, 11) is 0. The Hall–Kier alpha value is -2.04. The van der Waals surface area contributed by atoms with E-state index in [9.17, 15) is 9.59 Å². The molecule has 1 aromatic rings. The first-order chi connectivity index (χ1) is 9.97. The number of carboxylic acids is 1. The first kappa shape index (κ1) is 17.0. The van der Waals surface area contributed by atoms with Crippen molar-refractivity contribution in [3.05, 3.63) is 29.8 Å². The van der Waals surface area contributed by atoms with Crippen LogP contribution in [0.15, 0.2) is 24.3 Å². The fourth-order valence-corrected chi connectivity index (χ4v) is 1.87. The first-order valence-electron chi connectivity index (χ1n) is 7.21. The van der Waals surface area contributed by atoms with Crippen LogP contribution < -0.4 is 10.1 Å². The highest BCUT2D eigenvalue weighted by molar-refractivity contribution is 5.84. The third-order valence-electron chi connectivity index (χ3n) is 3.50. The molecule has 2 N–H and O–H groups in total. The smallest absolute Gasteiger partial charge is 0.326 e. The number of carboxylic acid groups (broad SMARTS) is 1.